The predicted molar refractivity (Wildman–Crippen MR) is 135 cm³/mol. The van der Waals surface area contributed by atoms with Gasteiger partial charge in [0.05, 0.1) is 22.6 Å². The van der Waals surface area contributed by atoms with E-state index >= 15 is 0 Å². The van der Waals surface area contributed by atoms with Crippen molar-refractivity contribution in [1.29, 1.82) is 0 Å². The van der Waals surface area contributed by atoms with Crippen molar-refractivity contribution in [2.75, 3.05) is 7.11 Å². The molecule has 2 rings (SSSR count). The summed E-state index contributed by atoms with van der Waals surface area (Å²) in [7, 11) is 0.0186. The van der Waals surface area contributed by atoms with Crippen molar-refractivity contribution in [3.05, 3.63) is 42.0 Å². The molecule has 0 aliphatic carbocycles. The van der Waals surface area contributed by atoms with E-state index in [1.165, 1.54) is 4.90 Å². The molecule has 1 aliphatic heterocycles. The maximum atomic E-state index is 13.4. The first-order chi connectivity index (χ1) is 15.9. The topological polar surface area (TPSA) is 84.9 Å². The molecule has 1 aliphatic rings. The normalized spacial score (nSPS) is 22.6. The molecule has 1 N–H and O–H groups in total. The Balaban J connectivity index is 2.58. The molecule has 8 heteroatoms. The summed E-state index contributed by atoms with van der Waals surface area (Å²) in [6.45, 7) is 13.1. The molecule has 0 spiro atoms. The zero-order chi connectivity index (χ0) is 25.7. The Labute approximate surface area is 206 Å². The molecule has 1 unspecified atom stereocenters. The molecule has 190 valence electrons. The fourth-order valence-corrected chi connectivity index (χ4v) is 5.56. The summed E-state index contributed by atoms with van der Waals surface area (Å²) < 4.78 is 28.3. The van der Waals surface area contributed by atoms with Crippen LogP contribution in [0.2, 0.25) is 0 Å². The molecule has 7 nitrogen and oxygen atoms in total. The van der Waals surface area contributed by atoms with Gasteiger partial charge in [0.2, 0.25) is 5.91 Å². The second kappa shape index (κ2) is 11.6. The molecular formula is C26H40N2O5S. The number of nitrogens with zero attached hydrogens (tertiary/aromatic N) is 1. The van der Waals surface area contributed by atoms with Crippen molar-refractivity contribution < 1.29 is 23.3 Å². The number of methoxy groups -OCH3 is 1. The maximum Gasteiger partial charge on any atom is 0.417 e. The van der Waals surface area contributed by atoms with E-state index in [9.17, 15) is 13.8 Å². The van der Waals surface area contributed by atoms with Gasteiger partial charge in [-0.2, -0.15) is 0 Å². The first kappa shape index (κ1) is 28.2. The van der Waals surface area contributed by atoms with Crippen LogP contribution in [0, 0.1) is 12.8 Å². The zero-order valence-electron chi connectivity index (χ0n) is 21.7. The van der Waals surface area contributed by atoms with Crippen LogP contribution in [0.5, 0.6) is 0 Å². The van der Waals surface area contributed by atoms with Gasteiger partial charge >= 0.3 is 6.09 Å². The lowest BCUT2D eigenvalue weighted by molar-refractivity contribution is -0.129. The van der Waals surface area contributed by atoms with Gasteiger partial charge in [-0.1, -0.05) is 43.2 Å². The Morgan fingerprint density at radius 3 is 2.38 bits per heavy atom. The Hall–Kier alpha value is -2.03. The van der Waals surface area contributed by atoms with Crippen molar-refractivity contribution in [2.45, 2.75) is 95.9 Å². The smallest absolute Gasteiger partial charge is 0.417 e. The summed E-state index contributed by atoms with van der Waals surface area (Å²) in [5.41, 5.74) is -0.497. The second-order valence-corrected chi connectivity index (χ2v) is 11.3. The number of benzene rings is 1. The molecule has 1 aromatic rings. The van der Waals surface area contributed by atoms with Crippen LogP contribution in [0.1, 0.15) is 66.4 Å². The third kappa shape index (κ3) is 6.77. The fourth-order valence-electron chi connectivity index (χ4n) is 4.42. The van der Waals surface area contributed by atoms with Gasteiger partial charge in [-0.3, -0.25) is 4.79 Å². The Morgan fingerprint density at radius 1 is 1.26 bits per heavy atom. The van der Waals surface area contributed by atoms with Gasteiger partial charge in [0.1, 0.15) is 16.6 Å². The van der Waals surface area contributed by atoms with Crippen LogP contribution in [0.3, 0.4) is 0 Å². The molecule has 1 saturated heterocycles. The predicted octanol–water partition coefficient (Wildman–Crippen LogP) is 4.91. The number of aryl methyl sites for hydroxylation is 1. The lowest BCUT2D eigenvalue weighted by Gasteiger charge is -2.43. The molecule has 1 fully saturated rings. The number of carbonyl (C=O) groups is 2. The number of ether oxygens (including phenoxy) is 2. The van der Waals surface area contributed by atoms with Crippen LogP contribution in [0.25, 0.3) is 0 Å². The van der Waals surface area contributed by atoms with Gasteiger partial charge in [0.25, 0.3) is 0 Å². The van der Waals surface area contributed by atoms with Crippen molar-refractivity contribution in [1.82, 2.24) is 9.62 Å². The number of hydrogen-bond donors (Lipinski definition) is 1. The highest BCUT2D eigenvalue weighted by Crippen LogP contribution is 2.37. The van der Waals surface area contributed by atoms with E-state index in [0.717, 1.165) is 12.0 Å². The third-order valence-corrected chi connectivity index (χ3v) is 7.30. The van der Waals surface area contributed by atoms with Crippen LogP contribution >= 0.6 is 0 Å². The molecule has 0 bridgehead atoms. The number of likely N-dealkylation sites (tertiary alicyclic amines) is 1. The average molecular weight is 493 g/mol. The second-order valence-electron chi connectivity index (χ2n) is 10.1. The Bertz CT molecular complexity index is 909. The molecule has 0 aromatic heterocycles. The van der Waals surface area contributed by atoms with Crippen LogP contribution in [-0.4, -0.2) is 51.5 Å². The van der Waals surface area contributed by atoms with Gasteiger partial charge in [0.15, 0.2) is 0 Å². The molecule has 0 radical (unpaired) electrons. The number of rotatable bonds is 9. The largest absolute Gasteiger partial charge is 0.443 e. The monoisotopic (exact) mass is 492 g/mol. The third-order valence-electron chi connectivity index (χ3n) is 6.13. The minimum Gasteiger partial charge on any atom is -0.443 e. The van der Waals surface area contributed by atoms with Gasteiger partial charge in [0, 0.05) is 19.4 Å². The van der Waals surface area contributed by atoms with E-state index in [1.807, 2.05) is 64.1 Å². The van der Waals surface area contributed by atoms with Gasteiger partial charge in [-0.05, 0) is 60.1 Å². The van der Waals surface area contributed by atoms with E-state index in [-0.39, 0.29) is 18.2 Å². The molecular weight excluding hydrogens is 452 g/mol. The van der Waals surface area contributed by atoms with Gasteiger partial charge < -0.3 is 9.47 Å². The maximum absolute atomic E-state index is 13.4. The number of imide groups is 1. The van der Waals surface area contributed by atoms with Crippen LogP contribution in [0.4, 0.5) is 4.79 Å². The van der Waals surface area contributed by atoms with Crippen molar-refractivity contribution in [3.8, 4) is 0 Å². The van der Waals surface area contributed by atoms with Crippen molar-refractivity contribution in [2.24, 2.45) is 5.92 Å². The highest BCUT2D eigenvalue weighted by molar-refractivity contribution is 7.83. The molecule has 5 atom stereocenters. The quantitative estimate of drug-likeness (QED) is 0.495. The Kier molecular flexibility index (Phi) is 9.62. The van der Waals surface area contributed by atoms with E-state index < -0.39 is 40.4 Å². The summed E-state index contributed by atoms with van der Waals surface area (Å²) in [5.74, 6) is -0.589. The molecule has 34 heavy (non-hydrogen) atoms. The molecule has 0 saturated carbocycles. The minimum atomic E-state index is -1.59. The van der Waals surface area contributed by atoms with Crippen LogP contribution in [-0.2, 0) is 25.3 Å². The number of allylic oxidation sites excluding steroid dienone is 1. The van der Waals surface area contributed by atoms with Crippen LogP contribution < -0.4 is 4.72 Å². The standard InChI is InChI=1S/C26H40N2O5S/c1-9-11-19-17-21(29)28(24(30)33-25(4,5)6)22(19)23(26(7,32-8)16-10-2)27-34(31)20-14-12-18(3)13-15-20/h9,11-15,19,22-23,27H,10,16-17H2,1-8H3/b11-9-/t19-,22-,23-,26+,34?/m1/s1. The zero-order valence-corrected chi connectivity index (χ0v) is 22.5. The highest BCUT2D eigenvalue weighted by atomic mass is 32.2. The fraction of sp³-hybridized carbons (Fsp3) is 0.615. The van der Waals surface area contributed by atoms with Gasteiger partial charge in [-0.25, -0.2) is 18.6 Å². The van der Waals surface area contributed by atoms with Crippen molar-refractivity contribution in [3.63, 3.8) is 0 Å². The SMILES string of the molecule is C/C=C\[C@@H]1CC(=O)N(C(=O)OC(C)(C)C)[C@H]1[C@@H](NS(=O)c1ccc(C)cc1)[C@](C)(CCC)OC. The highest BCUT2D eigenvalue weighted by Gasteiger charge is 2.53. The number of amides is 2. The summed E-state index contributed by atoms with van der Waals surface area (Å²) in [6, 6.07) is 6.19. The summed E-state index contributed by atoms with van der Waals surface area (Å²) in [5, 5.41) is 0. The first-order valence-corrected chi connectivity index (χ1v) is 13.0. The minimum absolute atomic E-state index is 0.162. The lowest BCUT2D eigenvalue weighted by atomic mass is 9.81. The van der Waals surface area contributed by atoms with E-state index in [1.54, 1.807) is 27.9 Å². The van der Waals surface area contributed by atoms with E-state index in [0.29, 0.717) is 11.3 Å². The summed E-state index contributed by atoms with van der Waals surface area (Å²) >= 11 is 0. The number of carbonyl (C=O) groups excluding carboxylic acids is 2. The van der Waals surface area contributed by atoms with Gasteiger partial charge in [-0.15, -0.1) is 0 Å². The van der Waals surface area contributed by atoms with E-state index in [4.69, 9.17) is 9.47 Å². The lowest BCUT2D eigenvalue weighted by Crippen LogP contribution is -2.63. The molecule has 1 heterocycles. The van der Waals surface area contributed by atoms with E-state index in [2.05, 4.69) is 4.72 Å². The summed E-state index contributed by atoms with van der Waals surface area (Å²) in [6.07, 6.45) is 4.72. The van der Waals surface area contributed by atoms with Crippen molar-refractivity contribution >= 4 is 23.0 Å². The molecule has 1 aromatic carbocycles. The number of nitrogens with one attached hydrogen (secondary N) is 1. The Morgan fingerprint density at radius 2 is 1.88 bits per heavy atom. The average Bonchev–Trinajstić information content (AvgIpc) is 3.06. The first-order valence-electron chi connectivity index (χ1n) is 11.8. The number of hydrogen-bond acceptors (Lipinski definition) is 5. The van der Waals surface area contributed by atoms with Crippen LogP contribution in [0.15, 0.2) is 41.3 Å². The molecule has 2 amide bonds. The summed E-state index contributed by atoms with van der Waals surface area (Å²) in [4.78, 5) is 28.1.